The molecule has 0 aliphatic carbocycles. The van der Waals surface area contributed by atoms with E-state index in [1.807, 2.05) is 0 Å². The van der Waals surface area contributed by atoms with Crippen LogP contribution < -0.4 is 10.6 Å². The lowest BCUT2D eigenvalue weighted by molar-refractivity contribution is 0.208. The first-order valence-corrected chi connectivity index (χ1v) is 6.08. The summed E-state index contributed by atoms with van der Waals surface area (Å²) >= 11 is 0. The number of fused-ring (bicyclic) bond motifs is 1. The first-order chi connectivity index (χ1) is 9.11. The van der Waals surface area contributed by atoms with Gasteiger partial charge in [-0.3, -0.25) is 4.68 Å². The van der Waals surface area contributed by atoms with Crippen molar-refractivity contribution in [2.24, 2.45) is 7.05 Å². The second-order valence-electron chi connectivity index (χ2n) is 4.28. The molecule has 4 N–H and O–H groups in total. The number of aliphatic hydroxyl groups is 2. The minimum Gasteiger partial charge on any atom is -0.395 e. The summed E-state index contributed by atoms with van der Waals surface area (Å²) < 4.78 is 1.65. The molecule has 2 heterocycles. The highest BCUT2D eigenvalue weighted by molar-refractivity contribution is 5.87. The van der Waals surface area contributed by atoms with Crippen molar-refractivity contribution in [2.45, 2.75) is 13.0 Å². The van der Waals surface area contributed by atoms with Crippen LogP contribution in [0, 0.1) is 0 Å². The lowest BCUT2D eigenvalue weighted by Gasteiger charge is -2.10. The van der Waals surface area contributed by atoms with Crippen molar-refractivity contribution >= 4 is 22.8 Å². The molecule has 0 saturated heterocycles. The van der Waals surface area contributed by atoms with Crippen LogP contribution in [0.3, 0.4) is 0 Å². The largest absolute Gasteiger partial charge is 0.395 e. The first-order valence-electron chi connectivity index (χ1n) is 6.08. The summed E-state index contributed by atoms with van der Waals surface area (Å²) in [6.45, 7) is 2.46. The van der Waals surface area contributed by atoms with Gasteiger partial charge < -0.3 is 20.8 Å². The number of aryl methyl sites for hydroxylation is 1. The predicted octanol–water partition coefficient (Wildman–Crippen LogP) is -0.440. The molecule has 8 nitrogen and oxygen atoms in total. The Bertz CT molecular complexity index is 553. The SMILES string of the molecule is C[C@@H](O)CNc1nc(NCCO)c2cnn(C)c2n1. The quantitative estimate of drug-likeness (QED) is 0.561. The van der Waals surface area contributed by atoms with E-state index in [9.17, 15) is 5.11 Å². The normalized spacial score (nSPS) is 12.6. The lowest BCUT2D eigenvalue weighted by atomic mass is 10.4. The van der Waals surface area contributed by atoms with Crippen molar-refractivity contribution in [1.29, 1.82) is 0 Å². The Hall–Kier alpha value is -1.93. The summed E-state index contributed by atoms with van der Waals surface area (Å²) in [7, 11) is 1.80. The number of aromatic nitrogens is 4. The monoisotopic (exact) mass is 266 g/mol. The van der Waals surface area contributed by atoms with Crippen molar-refractivity contribution < 1.29 is 10.2 Å². The van der Waals surface area contributed by atoms with Gasteiger partial charge in [0.25, 0.3) is 0 Å². The zero-order chi connectivity index (χ0) is 13.8. The summed E-state index contributed by atoms with van der Waals surface area (Å²) in [6.07, 6.45) is 1.19. The van der Waals surface area contributed by atoms with Crippen LogP contribution in [0.15, 0.2) is 6.20 Å². The van der Waals surface area contributed by atoms with E-state index in [2.05, 4.69) is 25.7 Å². The predicted molar refractivity (Wildman–Crippen MR) is 72.1 cm³/mol. The minimum atomic E-state index is -0.486. The van der Waals surface area contributed by atoms with Gasteiger partial charge in [-0.1, -0.05) is 0 Å². The fourth-order valence-electron chi connectivity index (χ4n) is 1.65. The molecule has 2 aromatic heterocycles. The average Bonchev–Trinajstić information content (AvgIpc) is 2.75. The highest BCUT2D eigenvalue weighted by Gasteiger charge is 2.11. The smallest absolute Gasteiger partial charge is 0.226 e. The number of nitrogens with one attached hydrogen (secondary N) is 2. The number of hydrogen-bond donors (Lipinski definition) is 4. The van der Waals surface area contributed by atoms with Gasteiger partial charge in [-0.05, 0) is 6.92 Å². The Morgan fingerprint density at radius 1 is 1.37 bits per heavy atom. The van der Waals surface area contributed by atoms with E-state index in [0.717, 1.165) is 5.39 Å². The summed E-state index contributed by atoms with van der Waals surface area (Å²) in [5.74, 6) is 1.03. The van der Waals surface area contributed by atoms with Crippen molar-refractivity contribution in [3.8, 4) is 0 Å². The van der Waals surface area contributed by atoms with Gasteiger partial charge in [-0.25, -0.2) is 0 Å². The Morgan fingerprint density at radius 3 is 2.84 bits per heavy atom. The topological polar surface area (TPSA) is 108 Å². The zero-order valence-corrected chi connectivity index (χ0v) is 11.0. The second kappa shape index (κ2) is 5.81. The van der Waals surface area contributed by atoms with Crippen molar-refractivity contribution in [2.75, 3.05) is 30.3 Å². The third kappa shape index (κ3) is 3.09. The van der Waals surface area contributed by atoms with Crippen LogP contribution in [0.4, 0.5) is 11.8 Å². The summed E-state index contributed by atoms with van der Waals surface area (Å²) in [6, 6.07) is 0. The molecule has 0 bridgehead atoms. The molecule has 0 radical (unpaired) electrons. The van der Waals surface area contributed by atoms with Crippen LogP contribution in [-0.2, 0) is 7.05 Å². The van der Waals surface area contributed by atoms with Crippen LogP contribution >= 0.6 is 0 Å². The molecule has 2 aromatic rings. The molecule has 19 heavy (non-hydrogen) atoms. The molecule has 0 amide bonds. The van der Waals surface area contributed by atoms with Gasteiger partial charge in [0, 0.05) is 20.1 Å². The Balaban J connectivity index is 2.34. The van der Waals surface area contributed by atoms with Crippen molar-refractivity contribution in [3.63, 3.8) is 0 Å². The maximum absolute atomic E-state index is 9.27. The standard InChI is InChI=1S/C11H18N6O2/c1-7(19)5-13-11-15-9(12-3-4-18)8-6-14-17(2)10(8)16-11/h6-7,18-19H,3-5H2,1-2H3,(H2,12,13,15,16)/t7-/m1/s1. The molecule has 0 fully saturated rings. The van der Waals surface area contributed by atoms with Crippen LogP contribution in [0.2, 0.25) is 0 Å². The van der Waals surface area contributed by atoms with E-state index in [0.29, 0.717) is 30.5 Å². The molecule has 104 valence electrons. The van der Waals surface area contributed by atoms with E-state index in [-0.39, 0.29) is 6.61 Å². The van der Waals surface area contributed by atoms with E-state index < -0.39 is 6.10 Å². The van der Waals surface area contributed by atoms with E-state index >= 15 is 0 Å². The summed E-state index contributed by atoms with van der Waals surface area (Å²) in [5.41, 5.74) is 0.684. The third-order valence-electron chi connectivity index (χ3n) is 2.55. The van der Waals surface area contributed by atoms with Gasteiger partial charge in [0.05, 0.1) is 24.3 Å². The Kier molecular flexibility index (Phi) is 4.13. The number of aliphatic hydroxyl groups excluding tert-OH is 2. The van der Waals surface area contributed by atoms with Crippen molar-refractivity contribution in [1.82, 2.24) is 19.7 Å². The maximum atomic E-state index is 9.27. The highest BCUT2D eigenvalue weighted by Crippen LogP contribution is 2.20. The number of hydrogen-bond acceptors (Lipinski definition) is 7. The molecule has 1 atom stereocenters. The Labute approximate surface area is 110 Å². The van der Waals surface area contributed by atoms with E-state index in [1.54, 1.807) is 24.9 Å². The molecule has 2 rings (SSSR count). The molecule has 0 saturated carbocycles. The lowest BCUT2D eigenvalue weighted by Crippen LogP contribution is -2.18. The van der Waals surface area contributed by atoms with Crippen LogP contribution in [0.5, 0.6) is 0 Å². The molecule has 0 aromatic carbocycles. The Morgan fingerprint density at radius 2 is 2.16 bits per heavy atom. The van der Waals surface area contributed by atoms with Crippen molar-refractivity contribution in [3.05, 3.63) is 6.20 Å². The third-order valence-corrected chi connectivity index (χ3v) is 2.55. The molecular weight excluding hydrogens is 248 g/mol. The van der Waals surface area contributed by atoms with Gasteiger partial charge in [0.1, 0.15) is 5.82 Å². The second-order valence-corrected chi connectivity index (χ2v) is 4.28. The average molecular weight is 266 g/mol. The first kappa shape index (κ1) is 13.5. The molecule has 0 aliphatic rings. The highest BCUT2D eigenvalue weighted by atomic mass is 16.3. The van der Waals surface area contributed by atoms with Crippen LogP contribution in [0.25, 0.3) is 11.0 Å². The molecular formula is C11H18N6O2. The molecule has 0 spiro atoms. The van der Waals surface area contributed by atoms with Crippen LogP contribution in [-0.4, -0.2) is 55.8 Å². The zero-order valence-electron chi connectivity index (χ0n) is 11.0. The van der Waals surface area contributed by atoms with Gasteiger partial charge in [0.2, 0.25) is 5.95 Å². The summed E-state index contributed by atoms with van der Waals surface area (Å²) in [5, 5.41) is 29.0. The fourth-order valence-corrected chi connectivity index (χ4v) is 1.65. The number of anilines is 2. The van der Waals surface area contributed by atoms with E-state index in [4.69, 9.17) is 5.11 Å². The number of nitrogens with zero attached hydrogens (tertiary/aromatic N) is 4. The van der Waals surface area contributed by atoms with Crippen LogP contribution in [0.1, 0.15) is 6.92 Å². The van der Waals surface area contributed by atoms with Gasteiger partial charge >= 0.3 is 0 Å². The maximum Gasteiger partial charge on any atom is 0.226 e. The molecule has 0 aliphatic heterocycles. The fraction of sp³-hybridized carbons (Fsp3) is 0.545. The molecule has 0 unspecified atom stereocenters. The molecule has 8 heteroatoms. The van der Waals surface area contributed by atoms with E-state index in [1.165, 1.54) is 0 Å². The minimum absolute atomic E-state index is 0.0161. The van der Waals surface area contributed by atoms with Gasteiger partial charge in [-0.15, -0.1) is 0 Å². The summed E-state index contributed by atoms with van der Waals surface area (Å²) in [4.78, 5) is 8.65. The number of rotatable bonds is 6. The van der Waals surface area contributed by atoms with Gasteiger partial charge in [0.15, 0.2) is 5.65 Å². The van der Waals surface area contributed by atoms with Gasteiger partial charge in [-0.2, -0.15) is 15.1 Å².